The third kappa shape index (κ3) is 3.41. The normalized spacial score (nSPS) is 22.1. The van der Waals surface area contributed by atoms with Crippen molar-refractivity contribution in [2.24, 2.45) is 0 Å². The lowest BCUT2D eigenvalue weighted by molar-refractivity contribution is 0.290. The zero-order valence-corrected chi connectivity index (χ0v) is 10.8. The smallest absolute Gasteiger partial charge is 0.114 e. The van der Waals surface area contributed by atoms with Crippen molar-refractivity contribution in [2.45, 2.75) is 19.0 Å². The van der Waals surface area contributed by atoms with Gasteiger partial charge in [0.15, 0.2) is 0 Å². The highest BCUT2D eigenvalue weighted by atomic mass is 127. The summed E-state index contributed by atoms with van der Waals surface area (Å²) in [5, 5.41) is 0. The van der Waals surface area contributed by atoms with Gasteiger partial charge in [-0.05, 0) is 53.1 Å². The summed E-state index contributed by atoms with van der Waals surface area (Å²) in [6, 6.07) is 8.56. The van der Waals surface area contributed by atoms with E-state index in [1.807, 2.05) is 0 Å². The van der Waals surface area contributed by atoms with Gasteiger partial charge in [0.2, 0.25) is 0 Å². The molecule has 1 aromatic carbocycles. The van der Waals surface area contributed by atoms with Crippen LogP contribution < -0.4 is 0 Å². The van der Waals surface area contributed by atoms with Crippen molar-refractivity contribution in [1.29, 1.82) is 0 Å². The molecule has 0 N–H and O–H groups in total. The molecule has 1 aliphatic heterocycles. The van der Waals surface area contributed by atoms with Gasteiger partial charge in [-0.15, -0.1) is 0 Å². The van der Waals surface area contributed by atoms with Gasteiger partial charge in [0.1, 0.15) is 6.17 Å². The van der Waals surface area contributed by atoms with Crippen LogP contribution in [0.15, 0.2) is 24.3 Å². The lowest BCUT2D eigenvalue weighted by Crippen LogP contribution is -2.23. The summed E-state index contributed by atoms with van der Waals surface area (Å²) in [5.74, 6) is 0. The Morgan fingerprint density at radius 3 is 2.67 bits per heavy atom. The van der Waals surface area contributed by atoms with Crippen molar-refractivity contribution in [3.8, 4) is 0 Å². The molecule has 0 radical (unpaired) electrons. The van der Waals surface area contributed by atoms with E-state index >= 15 is 0 Å². The molecule has 1 atom stereocenters. The van der Waals surface area contributed by atoms with Crippen LogP contribution in [0.4, 0.5) is 4.39 Å². The highest BCUT2D eigenvalue weighted by Crippen LogP contribution is 2.13. The number of hydrogen-bond donors (Lipinski definition) is 0. The molecule has 2 rings (SSSR count). The van der Waals surface area contributed by atoms with Crippen LogP contribution >= 0.6 is 22.6 Å². The topological polar surface area (TPSA) is 3.24 Å². The van der Waals surface area contributed by atoms with Crippen LogP contribution in [0.5, 0.6) is 0 Å². The average molecular weight is 319 g/mol. The molecule has 82 valence electrons. The fourth-order valence-corrected chi connectivity index (χ4v) is 2.29. The summed E-state index contributed by atoms with van der Waals surface area (Å²) in [6.45, 7) is 2.54. The number of nitrogens with zero attached hydrogens (tertiary/aromatic N) is 1. The van der Waals surface area contributed by atoms with Crippen molar-refractivity contribution in [2.75, 3.05) is 19.6 Å². The summed E-state index contributed by atoms with van der Waals surface area (Å²) in [5.41, 5.74) is 1.35. The van der Waals surface area contributed by atoms with Crippen LogP contribution in [0.1, 0.15) is 12.0 Å². The van der Waals surface area contributed by atoms with Gasteiger partial charge in [-0.2, -0.15) is 0 Å². The molecule has 1 heterocycles. The Kier molecular flexibility index (Phi) is 3.97. The molecule has 1 saturated heterocycles. The first kappa shape index (κ1) is 11.3. The first-order valence-electron chi connectivity index (χ1n) is 5.35. The number of halogens is 2. The van der Waals surface area contributed by atoms with Crippen LogP contribution in [0.3, 0.4) is 0 Å². The molecule has 0 saturated carbocycles. The molecule has 0 aliphatic carbocycles. The largest absolute Gasteiger partial charge is 0.300 e. The first-order valence-corrected chi connectivity index (χ1v) is 6.43. The van der Waals surface area contributed by atoms with E-state index in [9.17, 15) is 4.39 Å². The molecule has 1 aliphatic rings. The molecule has 0 bridgehead atoms. The maximum absolute atomic E-state index is 12.9. The van der Waals surface area contributed by atoms with Crippen LogP contribution in [0, 0.1) is 3.57 Å². The van der Waals surface area contributed by atoms with E-state index < -0.39 is 6.17 Å². The second-order valence-corrected chi connectivity index (χ2v) is 5.31. The number of alkyl halides is 1. The fourth-order valence-electron chi connectivity index (χ4n) is 1.93. The van der Waals surface area contributed by atoms with Gasteiger partial charge in [-0.25, -0.2) is 4.39 Å². The second-order valence-electron chi connectivity index (χ2n) is 4.06. The van der Waals surface area contributed by atoms with E-state index in [1.165, 1.54) is 9.13 Å². The predicted molar refractivity (Wildman–Crippen MR) is 68.8 cm³/mol. The highest BCUT2D eigenvalue weighted by molar-refractivity contribution is 14.1. The molecule has 15 heavy (non-hydrogen) atoms. The van der Waals surface area contributed by atoms with Gasteiger partial charge in [0.25, 0.3) is 0 Å². The van der Waals surface area contributed by atoms with Crippen molar-refractivity contribution >= 4 is 22.6 Å². The minimum atomic E-state index is -0.596. The highest BCUT2D eigenvalue weighted by Gasteiger charge is 2.20. The lowest BCUT2D eigenvalue weighted by Gasteiger charge is -2.14. The monoisotopic (exact) mass is 319 g/mol. The molecule has 1 aromatic rings. The van der Waals surface area contributed by atoms with Gasteiger partial charge in [-0.3, -0.25) is 0 Å². The second kappa shape index (κ2) is 5.25. The molecule has 0 aromatic heterocycles. The Labute approximate surface area is 104 Å². The van der Waals surface area contributed by atoms with Crippen LogP contribution in [-0.4, -0.2) is 30.7 Å². The molecule has 3 heteroatoms. The van der Waals surface area contributed by atoms with Gasteiger partial charge in [0, 0.05) is 23.2 Å². The van der Waals surface area contributed by atoms with E-state index in [2.05, 4.69) is 51.8 Å². The minimum Gasteiger partial charge on any atom is -0.300 e. The zero-order chi connectivity index (χ0) is 10.7. The van der Waals surface area contributed by atoms with E-state index in [-0.39, 0.29) is 0 Å². The van der Waals surface area contributed by atoms with Crippen molar-refractivity contribution in [1.82, 2.24) is 4.90 Å². The summed E-state index contributed by atoms with van der Waals surface area (Å²) in [4.78, 5) is 2.21. The van der Waals surface area contributed by atoms with Crippen molar-refractivity contribution < 1.29 is 4.39 Å². The van der Waals surface area contributed by atoms with Crippen molar-refractivity contribution in [3.05, 3.63) is 33.4 Å². The van der Waals surface area contributed by atoms with E-state index in [0.29, 0.717) is 13.0 Å². The lowest BCUT2D eigenvalue weighted by atomic mass is 10.1. The first-order chi connectivity index (χ1) is 7.24. The third-order valence-corrected chi connectivity index (χ3v) is 3.56. The van der Waals surface area contributed by atoms with Gasteiger partial charge < -0.3 is 4.90 Å². The quantitative estimate of drug-likeness (QED) is 0.775. The van der Waals surface area contributed by atoms with E-state index in [0.717, 1.165) is 19.5 Å². The Bertz CT molecular complexity index is 312. The summed E-state index contributed by atoms with van der Waals surface area (Å²) < 4.78 is 14.2. The number of benzene rings is 1. The number of likely N-dealkylation sites (tertiary alicyclic amines) is 1. The van der Waals surface area contributed by atoms with Crippen LogP contribution in [0.25, 0.3) is 0 Å². The molecule has 0 spiro atoms. The molecular formula is C12H15FIN. The van der Waals surface area contributed by atoms with Crippen LogP contribution in [-0.2, 0) is 6.42 Å². The third-order valence-electron chi connectivity index (χ3n) is 2.84. The Balaban J connectivity index is 1.80. The Morgan fingerprint density at radius 1 is 1.33 bits per heavy atom. The van der Waals surface area contributed by atoms with Crippen molar-refractivity contribution in [3.63, 3.8) is 0 Å². The average Bonchev–Trinajstić information content (AvgIpc) is 2.64. The maximum Gasteiger partial charge on any atom is 0.114 e. The standard InChI is InChI=1S/C12H15FIN/c13-11-6-8-15(9-11)7-5-10-1-3-12(14)4-2-10/h1-4,11H,5-9H2/t11-/m1/s1. The predicted octanol–water partition coefficient (Wildman–Crippen LogP) is 2.88. The number of rotatable bonds is 3. The van der Waals surface area contributed by atoms with Gasteiger partial charge >= 0.3 is 0 Å². The number of hydrogen-bond acceptors (Lipinski definition) is 1. The van der Waals surface area contributed by atoms with Gasteiger partial charge in [0.05, 0.1) is 0 Å². The van der Waals surface area contributed by atoms with E-state index in [4.69, 9.17) is 0 Å². The minimum absolute atomic E-state index is 0.596. The Morgan fingerprint density at radius 2 is 2.07 bits per heavy atom. The molecular weight excluding hydrogens is 304 g/mol. The van der Waals surface area contributed by atoms with Gasteiger partial charge in [-0.1, -0.05) is 12.1 Å². The molecule has 0 amide bonds. The van der Waals surface area contributed by atoms with E-state index in [1.54, 1.807) is 0 Å². The molecule has 1 nitrogen and oxygen atoms in total. The molecule has 1 fully saturated rings. The zero-order valence-electron chi connectivity index (χ0n) is 8.63. The SMILES string of the molecule is F[C@@H]1CCN(CCc2ccc(I)cc2)C1. The summed E-state index contributed by atoms with van der Waals surface area (Å²) in [6.07, 6.45) is 1.15. The summed E-state index contributed by atoms with van der Waals surface area (Å²) in [7, 11) is 0. The van der Waals surface area contributed by atoms with Crippen LogP contribution in [0.2, 0.25) is 0 Å². The maximum atomic E-state index is 12.9. The fraction of sp³-hybridized carbons (Fsp3) is 0.500. The Hall–Kier alpha value is -0.160. The molecule has 0 unspecified atom stereocenters. The summed E-state index contributed by atoms with van der Waals surface area (Å²) >= 11 is 2.31.